The Morgan fingerprint density at radius 2 is 1.71 bits per heavy atom. The molecular formula is C26H32FN7O. The molecule has 2 aliphatic rings. The third-order valence-corrected chi connectivity index (χ3v) is 6.91. The number of nitrogens with zero attached hydrogens (tertiary/aromatic N) is 6. The van der Waals surface area contributed by atoms with Crippen LogP contribution in [0, 0.1) is 12.7 Å². The highest BCUT2D eigenvalue weighted by Crippen LogP contribution is 2.24. The van der Waals surface area contributed by atoms with Crippen LogP contribution in [0.3, 0.4) is 0 Å². The van der Waals surface area contributed by atoms with Crippen LogP contribution < -0.4 is 10.2 Å². The molecule has 9 heteroatoms. The maximum absolute atomic E-state index is 13.3. The smallest absolute Gasteiger partial charge is 0.272 e. The zero-order valence-corrected chi connectivity index (χ0v) is 20.4. The molecule has 0 bridgehead atoms. The summed E-state index contributed by atoms with van der Waals surface area (Å²) < 4.78 is 14.9. The van der Waals surface area contributed by atoms with Gasteiger partial charge in [0, 0.05) is 56.6 Å². The molecule has 5 rings (SSSR count). The average molecular weight is 478 g/mol. The minimum atomic E-state index is -0.297. The van der Waals surface area contributed by atoms with Gasteiger partial charge < -0.3 is 15.1 Å². The van der Waals surface area contributed by atoms with Crippen LogP contribution in [0.15, 0.2) is 36.4 Å². The van der Waals surface area contributed by atoms with Gasteiger partial charge in [0.1, 0.15) is 17.3 Å². The number of hydrogen-bond acceptors (Lipinski definition) is 6. The molecule has 0 radical (unpaired) electrons. The number of hydrogen-bond donors (Lipinski definition) is 1. The van der Waals surface area contributed by atoms with Crippen molar-refractivity contribution in [1.82, 2.24) is 24.6 Å². The van der Waals surface area contributed by atoms with Crippen molar-refractivity contribution in [3.8, 4) is 11.3 Å². The first-order valence-corrected chi connectivity index (χ1v) is 12.4. The third kappa shape index (κ3) is 5.28. The van der Waals surface area contributed by atoms with Gasteiger partial charge in [-0.05, 0) is 50.1 Å². The molecule has 1 amide bonds. The monoisotopic (exact) mass is 477 g/mol. The normalized spacial score (nSPS) is 17.0. The molecule has 0 atom stereocenters. The van der Waals surface area contributed by atoms with Crippen LogP contribution in [0.25, 0.3) is 11.3 Å². The van der Waals surface area contributed by atoms with Crippen LogP contribution in [0.2, 0.25) is 0 Å². The van der Waals surface area contributed by atoms with Crippen molar-refractivity contribution in [2.24, 2.45) is 7.05 Å². The highest BCUT2D eigenvalue weighted by atomic mass is 19.1. The predicted octanol–water partition coefficient (Wildman–Crippen LogP) is 4.03. The number of halogens is 1. The van der Waals surface area contributed by atoms with Gasteiger partial charge in [0.05, 0.1) is 5.69 Å². The number of benzene rings is 1. The zero-order chi connectivity index (χ0) is 24.4. The molecule has 1 saturated carbocycles. The number of anilines is 2. The van der Waals surface area contributed by atoms with E-state index < -0.39 is 0 Å². The Morgan fingerprint density at radius 3 is 2.43 bits per heavy atom. The first-order chi connectivity index (χ1) is 17.0. The van der Waals surface area contributed by atoms with Crippen LogP contribution in [0.4, 0.5) is 16.2 Å². The molecule has 184 valence electrons. The second-order valence-electron chi connectivity index (χ2n) is 9.49. The van der Waals surface area contributed by atoms with Gasteiger partial charge in [-0.2, -0.15) is 10.1 Å². The van der Waals surface area contributed by atoms with Crippen LogP contribution in [-0.2, 0) is 7.05 Å². The number of piperazine rings is 1. The van der Waals surface area contributed by atoms with Gasteiger partial charge in [0.25, 0.3) is 5.91 Å². The lowest BCUT2D eigenvalue weighted by Gasteiger charge is -2.35. The van der Waals surface area contributed by atoms with E-state index in [1.165, 1.54) is 44.2 Å². The van der Waals surface area contributed by atoms with Crippen molar-refractivity contribution in [2.45, 2.75) is 45.1 Å². The van der Waals surface area contributed by atoms with E-state index in [4.69, 9.17) is 4.98 Å². The van der Waals surface area contributed by atoms with E-state index in [1.807, 2.05) is 17.9 Å². The molecule has 0 spiro atoms. The second-order valence-corrected chi connectivity index (χ2v) is 9.49. The zero-order valence-electron chi connectivity index (χ0n) is 20.4. The van der Waals surface area contributed by atoms with Crippen molar-refractivity contribution in [3.63, 3.8) is 0 Å². The Hall–Kier alpha value is -3.49. The third-order valence-electron chi connectivity index (χ3n) is 6.91. The number of aryl methyl sites for hydroxylation is 2. The van der Waals surface area contributed by atoms with E-state index >= 15 is 0 Å². The van der Waals surface area contributed by atoms with Crippen LogP contribution >= 0.6 is 0 Å². The molecule has 8 nitrogen and oxygen atoms in total. The van der Waals surface area contributed by atoms with E-state index in [0.29, 0.717) is 49.6 Å². The van der Waals surface area contributed by atoms with Gasteiger partial charge in [0.15, 0.2) is 0 Å². The highest BCUT2D eigenvalue weighted by molar-refractivity contribution is 5.94. The molecule has 35 heavy (non-hydrogen) atoms. The number of amides is 1. The van der Waals surface area contributed by atoms with Gasteiger partial charge in [0.2, 0.25) is 5.95 Å². The van der Waals surface area contributed by atoms with Gasteiger partial charge in [-0.3, -0.25) is 9.48 Å². The standard InChI is InChI=1S/C26H32FN7O/c1-18-16-24(30-26(28-18)29-21-6-4-3-5-7-21)33-12-14-34(15-13-33)25(35)23-17-22(31-32(23)2)19-8-10-20(27)11-9-19/h8-11,16-17,21H,3-7,12-15H2,1-2H3,(H,28,29,30). The van der Waals surface area contributed by atoms with Crippen molar-refractivity contribution in [3.05, 3.63) is 53.6 Å². The summed E-state index contributed by atoms with van der Waals surface area (Å²) >= 11 is 0. The van der Waals surface area contributed by atoms with Crippen molar-refractivity contribution < 1.29 is 9.18 Å². The molecule has 2 aromatic heterocycles. The van der Waals surface area contributed by atoms with Crippen LogP contribution in [0.1, 0.15) is 48.3 Å². The van der Waals surface area contributed by atoms with Crippen molar-refractivity contribution >= 4 is 17.7 Å². The lowest BCUT2D eigenvalue weighted by Crippen LogP contribution is -2.49. The van der Waals surface area contributed by atoms with Gasteiger partial charge in [-0.15, -0.1) is 0 Å². The van der Waals surface area contributed by atoms with Crippen LogP contribution in [-0.4, -0.2) is 62.8 Å². The number of nitrogens with one attached hydrogen (secondary N) is 1. The molecule has 1 N–H and O–H groups in total. The van der Waals surface area contributed by atoms with Crippen molar-refractivity contribution in [2.75, 3.05) is 36.4 Å². The van der Waals surface area contributed by atoms with Crippen LogP contribution in [0.5, 0.6) is 0 Å². The predicted molar refractivity (Wildman–Crippen MR) is 134 cm³/mol. The Bertz CT molecular complexity index is 1180. The fourth-order valence-electron chi connectivity index (χ4n) is 4.94. The summed E-state index contributed by atoms with van der Waals surface area (Å²) in [4.78, 5) is 26.7. The molecule has 3 heterocycles. The minimum Gasteiger partial charge on any atom is -0.353 e. The number of rotatable bonds is 5. The summed E-state index contributed by atoms with van der Waals surface area (Å²) in [6.45, 7) is 4.61. The Labute approximate surface area is 205 Å². The summed E-state index contributed by atoms with van der Waals surface area (Å²) in [6.07, 6.45) is 6.17. The Morgan fingerprint density at radius 1 is 1.00 bits per heavy atom. The quantitative estimate of drug-likeness (QED) is 0.598. The van der Waals surface area contributed by atoms with E-state index in [2.05, 4.69) is 20.3 Å². The number of aromatic nitrogens is 4. The molecule has 0 unspecified atom stereocenters. The van der Waals surface area contributed by atoms with Gasteiger partial charge >= 0.3 is 0 Å². The second kappa shape index (κ2) is 10.0. The minimum absolute atomic E-state index is 0.0495. The number of carbonyl (C=O) groups excluding carboxylic acids is 1. The molecule has 1 saturated heterocycles. The van der Waals surface area contributed by atoms with Crippen molar-refractivity contribution in [1.29, 1.82) is 0 Å². The highest BCUT2D eigenvalue weighted by Gasteiger charge is 2.26. The maximum atomic E-state index is 13.3. The first kappa shape index (κ1) is 23.3. The van der Waals surface area contributed by atoms with Gasteiger partial charge in [-0.1, -0.05) is 19.3 Å². The fourth-order valence-corrected chi connectivity index (χ4v) is 4.94. The lowest BCUT2D eigenvalue weighted by atomic mass is 9.96. The van der Waals surface area contributed by atoms with E-state index in [9.17, 15) is 9.18 Å². The number of carbonyl (C=O) groups is 1. The first-order valence-electron chi connectivity index (χ1n) is 12.4. The van der Waals surface area contributed by atoms with E-state index in [-0.39, 0.29) is 11.7 Å². The summed E-state index contributed by atoms with van der Waals surface area (Å²) in [5.74, 6) is 1.26. The average Bonchev–Trinajstić information content (AvgIpc) is 3.26. The van der Waals surface area contributed by atoms with E-state index in [1.54, 1.807) is 29.9 Å². The topological polar surface area (TPSA) is 79.2 Å². The largest absolute Gasteiger partial charge is 0.353 e. The fraction of sp³-hybridized carbons (Fsp3) is 0.462. The molecule has 1 aromatic carbocycles. The lowest BCUT2D eigenvalue weighted by molar-refractivity contribution is 0.0735. The van der Waals surface area contributed by atoms with E-state index in [0.717, 1.165) is 17.1 Å². The summed E-state index contributed by atoms with van der Waals surface area (Å²) in [7, 11) is 1.76. The SMILES string of the molecule is Cc1cc(N2CCN(C(=O)c3cc(-c4ccc(F)cc4)nn3C)CC2)nc(NC2CCCCC2)n1. The summed E-state index contributed by atoms with van der Waals surface area (Å²) in [5.41, 5.74) is 2.90. The molecule has 1 aliphatic heterocycles. The molecule has 2 fully saturated rings. The summed E-state index contributed by atoms with van der Waals surface area (Å²) in [6, 6.07) is 10.4. The molecular weight excluding hydrogens is 445 g/mol. The maximum Gasteiger partial charge on any atom is 0.272 e. The summed E-state index contributed by atoms with van der Waals surface area (Å²) in [5, 5.41) is 8.00. The molecule has 3 aromatic rings. The Kier molecular flexibility index (Phi) is 6.66. The van der Waals surface area contributed by atoms with Gasteiger partial charge in [-0.25, -0.2) is 9.37 Å². The Balaban J connectivity index is 1.23. The molecule has 1 aliphatic carbocycles.